The van der Waals surface area contributed by atoms with Crippen LogP contribution in [0.25, 0.3) is 0 Å². The van der Waals surface area contributed by atoms with Gasteiger partial charge >= 0.3 is 0 Å². The van der Waals surface area contributed by atoms with Crippen LogP contribution >= 0.6 is 34.5 Å². The summed E-state index contributed by atoms with van der Waals surface area (Å²) in [6, 6.07) is 11.2. The Balaban J connectivity index is 1.90. The van der Waals surface area contributed by atoms with Gasteiger partial charge in [0.15, 0.2) is 5.69 Å². The van der Waals surface area contributed by atoms with Crippen LogP contribution in [0.15, 0.2) is 47.2 Å². The Morgan fingerprint density at radius 2 is 2.05 bits per heavy atom. The Kier molecular flexibility index (Phi) is 4.28. The molecular weight excluding hydrogens is 326 g/mol. The minimum absolute atomic E-state index is 0.225. The number of benzene rings is 1. The number of carbonyl (C=O) groups is 1. The molecule has 0 bridgehead atoms. The lowest BCUT2D eigenvalue weighted by molar-refractivity contribution is 0.0938. The monoisotopic (exact) mass is 335 g/mol. The van der Waals surface area contributed by atoms with E-state index >= 15 is 0 Å². The molecule has 1 N–H and O–H groups in total. The van der Waals surface area contributed by atoms with E-state index in [-0.39, 0.29) is 11.9 Å². The first kappa shape index (κ1) is 14.2. The zero-order valence-corrected chi connectivity index (χ0v) is 13.1. The fraction of sp³-hybridized carbons (Fsp3) is 0.0714. The van der Waals surface area contributed by atoms with E-state index in [9.17, 15) is 4.79 Å². The summed E-state index contributed by atoms with van der Waals surface area (Å²) in [5, 5.41) is 11.1. The molecule has 3 rings (SSSR count). The maximum Gasteiger partial charge on any atom is 0.273 e. The van der Waals surface area contributed by atoms with E-state index < -0.39 is 0 Å². The second-order valence-corrected chi connectivity index (χ2v) is 6.29. The zero-order chi connectivity index (χ0) is 14.7. The highest BCUT2D eigenvalue weighted by molar-refractivity contribution is 7.10. The maximum atomic E-state index is 12.2. The van der Waals surface area contributed by atoms with Crippen LogP contribution < -0.4 is 5.32 Å². The number of nitrogens with one attached hydrogen (secondary N) is 1. The molecule has 2 heterocycles. The van der Waals surface area contributed by atoms with Gasteiger partial charge in [0.1, 0.15) is 0 Å². The summed E-state index contributed by atoms with van der Waals surface area (Å²) >= 11 is 8.67. The van der Waals surface area contributed by atoms with Gasteiger partial charge < -0.3 is 5.32 Å². The summed E-state index contributed by atoms with van der Waals surface area (Å²) in [4.78, 5) is 13.3. The molecule has 0 aliphatic carbocycles. The van der Waals surface area contributed by atoms with Crippen molar-refractivity contribution in [3.8, 4) is 0 Å². The minimum Gasteiger partial charge on any atom is -0.339 e. The van der Waals surface area contributed by atoms with Crippen molar-refractivity contribution in [1.29, 1.82) is 0 Å². The number of thiophene rings is 1. The number of carbonyl (C=O) groups excluding carboxylic acids is 1. The second-order valence-electron chi connectivity index (χ2n) is 4.26. The fourth-order valence-corrected chi connectivity index (χ4v) is 3.26. The molecule has 0 spiro atoms. The van der Waals surface area contributed by atoms with Gasteiger partial charge in [-0.15, -0.1) is 16.4 Å². The number of hydrogen-bond acceptors (Lipinski definition) is 5. The fourth-order valence-electron chi connectivity index (χ4n) is 1.90. The summed E-state index contributed by atoms with van der Waals surface area (Å²) in [5.74, 6) is -0.239. The summed E-state index contributed by atoms with van der Waals surface area (Å²) in [6.45, 7) is 0. The van der Waals surface area contributed by atoms with Gasteiger partial charge in [0, 0.05) is 15.3 Å². The average molecular weight is 336 g/mol. The highest BCUT2D eigenvalue weighted by atomic mass is 35.5. The maximum absolute atomic E-state index is 12.2. The van der Waals surface area contributed by atoms with Crippen LogP contribution in [0.5, 0.6) is 0 Å². The van der Waals surface area contributed by atoms with Crippen LogP contribution in [-0.4, -0.2) is 15.5 Å². The lowest BCUT2D eigenvalue weighted by Crippen LogP contribution is -2.29. The zero-order valence-electron chi connectivity index (χ0n) is 10.7. The largest absolute Gasteiger partial charge is 0.339 e. The van der Waals surface area contributed by atoms with E-state index in [2.05, 4.69) is 14.9 Å². The van der Waals surface area contributed by atoms with E-state index in [0.29, 0.717) is 10.7 Å². The van der Waals surface area contributed by atoms with Crippen molar-refractivity contribution in [2.45, 2.75) is 6.04 Å². The molecule has 0 radical (unpaired) electrons. The standard InChI is InChI=1S/C14H10ClN3OS2/c15-10-5-3-9(4-6-10)13(12-2-1-7-20-12)16-14(19)11-8-21-18-17-11/h1-8,13H,(H,16,19)/t13-/m0/s1. The molecule has 0 saturated carbocycles. The molecule has 21 heavy (non-hydrogen) atoms. The van der Waals surface area contributed by atoms with Gasteiger partial charge in [-0.25, -0.2) is 0 Å². The number of amides is 1. The first-order valence-electron chi connectivity index (χ1n) is 6.11. The molecule has 0 unspecified atom stereocenters. The van der Waals surface area contributed by atoms with Gasteiger partial charge in [-0.2, -0.15) is 0 Å². The summed E-state index contributed by atoms with van der Waals surface area (Å²) in [5.41, 5.74) is 1.30. The van der Waals surface area contributed by atoms with Crippen molar-refractivity contribution in [3.05, 3.63) is 68.3 Å². The number of hydrogen-bond donors (Lipinski definition) is 1. The van der Waals surface area contributed by atoms with E-state index in [0.717, 1.165) is 22.0 Å². The number of aromatic nitrogens is 2. The summed E-state index contributed by atoms with van der Waals surface area (Å²) < 4.78 is 3.71. The molecule has 0 saturated heterocycles. The normalized spacial score (nSPS) is 12.0. The third-order valence-corrected chi connectivity index (χ3v) is 4.59. The van der Waals surface area contributed by atoms with Crippen LogP contribution in [0.4, 0.5) is 0 Å². The van der Waals surface area contributed by atoms with E-state index in [1.807, 2.05) is 41.8 Å². The molecular formula is C14H10ClN3OS2. The van der Waals surface area contributed by atoms with E-state index in [4.69, 9.17) is 11.6 Å². The third-order valence-electron chi connectivity index (χ3n) is 2.90. The Labute approximate surface area is 134 Å². The summed E-state index contributed by atoms with van der Waals surface area (Å²) in [7, 11) is 0. The molecule has 0 aliphatic heterocycles. The third kappa shape index (κ3) is 3.29. The Bertz CT molecular complexity index is 711. The van der Waals surface area contributed by atoms with Gasteiger partial charge in [0.2, 0.25) is 0 Å². The molecule has 1 amide bonds. The van der Waals surface area contributed by atoms with Gasteiger partial charge in [-0.1, -0.05) is 34.3 Å². The van der Waals surface area contributed by atoms with Gasteiger partial charge in [0.25, 0.3) is 5.91 Å². The van der Waals surface area contributed by atoms with Crippen molar-refractivity contribution in [2.75, 3.05) is 0 Å². The van der Waals surface area contributed by atoms with Crippen molar-refractivity contribution in [1.82, 2.24) is 14.9 Å². The Morgan fingerprint density at radius 3 is 2.67 bits per heavy atom. The van der Waals surface area contributed by atoms with Crippen molar-refractivity contribution in [3.63, 3.8) is 0 Å². The second kappa shape index (κ2) is 6.34. The van der Waals surface area contributed by atoms with Crippen LogP contribution in [0.3, 0.4) is 0 Å². The molecule has 1 atom stereocenters. The highest BCUT2D eigenvalue weighted by Crippen LogP contribution is 2.27. The molecule has 1 aromatic carbocycles. The Hall–Kier alpha value is -1.76. The quantitative estimate of drug-likeness (QED) is 0.789. The molecule has 3 aromatic rings. The van der Waals surface area contributed by atoms with Crippen molar-refractivity contribution in [2.24, 2.45) is 0 Å². The molecule has 4 nitrogen and oxygen atoms in total. The lowest BCUT2D eigenvalue weighted by atomic mass is 10.1. The van der Waals surface area contributed by atoms with Crippen LogP contribution in [0.2, 0.25) is 5.02 Å². The SMILES string of the molecule is O=C(N[C@@H](c1ccc(Cl)cc1)c1cccs1)c1csnn1. The first-order valence-corrected chi connectivity index (χ1v) is 8.20. The minimum atomic E-state index is -0.239. The van der Waals surface area contributed by atoms with Gasteiger partial charge in [-0.3, -0.25) is 4.79 Å². The first-order chi connectivity index (χ1) is 10.2. The number of halogens is 1. The predicted molar refractivity (Wildman–Crippen MR) is 85.0 cm³/mol. The van der Waals surface area contributed by atoms with E-state index in [1.54, 1.807) is 16.7 Å². The van der Waals surface area contributed by atoms with Crippen LogP contribution in [0.1, 0.15) is 27.0 Å². The molecule has 0 aliphatic rings. The molecule has 106 valence electrons. The smallest absolute Gasteiger partial charge is 0.273 e. The van der Waals surface area contributed by atoms with E-state index in [1.165, 1.54) is 0 Å². The molecule has 7 heteroatoms. The number of nitrogens with zero attached hydrogens (tertiary/aromatic N) is 2. The molecule has 2 aromatic heterocycles. The average Bonchev–Trinajstić information content (AvgIpc) is 3.19. The van der Waals surface area contributed by atoms with Gasteiger partial charge in [0.05, 0.1) is 6.04 Å². The molecule has 0 fully saturated rings. The topological polar surface area (TPSA) is 54.9 Å². The van der Waals surface area contributed by atoms with Gasteiger partial charge in [-0.05, 0) is 40.7 Å². The van der Waals surface area contributed by atoms with Crippen LogP contribution in [-0.2, 0) is 0 Å². The number of rotatable bonds is 4. The Morgan fingerprint density at radius 1 is 1.24 bits per heavy atom. The van der Waals surface area contributed by atoms with Crippen molar-refractivity contribution < 1.29 is 4.79 Å². The highest BCUT2D eigenvalue weighted by Gasteiger charge is 2.20. The summed E-state index contributed by atoms with van der Waals surface area (Å²) in [6.07, 6.45) is 0. The van der Waals surface area contributed by atoms with Crippen molar-refractivity contribution >= 4 is 40.4 Å². The lowest BCUT2D eigenvalue weighted by Gasteiger charge is -2.17. The van der Waals surface area contributed by atoms with Crippen LogP contribution in [0, 0.1) is 0 Å². The predicted octanol–water partition coefficient (Wildman–Crippen LogP) is 3.77.